The molecular formula is C23H24N2O3. The molecule has 5 heteroatoms. The summed E-state index contributed by atoms with van der Waals surface area (Å²) in [7, 11) is 3.11. The van der Waals surface area contributed by atoms with Crippen molar-refractivity contribution in [2.75, 3.05) is 24.9 Å². The molecule has 0 atom stereocenters. The minimum atomic E-state index is -0.207. The third-order valence-electron chi connectivity index (χ3n) is 4.41. The molecule has 0 aliphatic rings. The van der Waals surface area contributed by atoms with Gasteiger partial charge in [0.05, 0.1) is 14.2 Å². The van der Waals surface area contributed by atoms with E-state index in [1.54, 1.807) is 32.4 Å². The van der Waals surface area contributed by atoms with Gasteiger partial charge in [0.1, 0.15) is 0 Å². The molecule has 0 unspecified atom stereocenters. The molecule has 3 aromatic carbocycles. The molecule has 2 N–H and O–H groups in total. The number of anilines is 2. The molecule has 0 heterocycles. The first kappa shape index (κ1) is 19.3. The van der Waals surface area contributed by atoms with Gasteiger partial charge in [0.25, 0.3) is 5.91 Å². The summed E-state index contributed by atoms with van der Waals surface area (Å²) < 4.78 is 10.4. The van der Waals surface area contributed by atoms with E-state index in [9.17, 15) is 4.79 Å². The normalized spacial score (nSPS) is 10.2. The summed E-state index contributed by atoms with van der Waals surface area (Å²) in [5, 5.41) is 6.27. The van der Waals surface area contributed by atoms with E-state index in [2.05, 4.69) is 41.8 Å². The van der Waals surface area contributed by atoms with E-state index in [4.69, 9.17) is 9.47 Å². The predicted octanol–water partition coefficient (Wildman–Crippen LogP) is 4.88. The second-order valence-electron chi connectivity index (χ2n) is 6.44. The third kappa shape index (κ3) is 4.82. The molecule has 0 fully saturated rings. The Kier molecular flexibility index (Phi) is 6.17. The summed E-state index contributed by atoms with van der Waals surface area (Å²) in [5.41, 5.74) is 4.68. The van der Waals surface area contributed by atoms with Crippen LogP contribution in [0.2, 0.25) is 0 Å². The van der Waals surface area contributed by atoms with Crippen molar-refractivity contribution in [1.82, 2.24) is 0 Å². The van der Waals surface area contributed by atoms with Gasteiger partial charge in [-0.1, -0.05) is 29.8 Å². The first-order valence-electron chi connectivity index (χ1n) is 9.02. The van der Waals surface area contributed by atoms with E-state index in [1.165, 1.54) is 11.1 Å². The highest BCUT2D eigenvalue weighted by Gasteiger charge is 2.11. The zero-order chi connectivity index (χ0) is 19.9. The van der Waals surface area contributed by atoms with Crippen molar-refractivity contribution in [2.24, 2.45) is 0 Å². The van der Waals surface area contributed by atoms with Gasteiger partial charge in [0, 0.05) is 23.5 Å². The molecule has 0 aliphatic heterocycles. The number of nitrogens with one attached hydrogen (secondary N) is 2. The number of amides is 1. The van der Waals surface area contributed by atoms with Gasteiger partial charge in [0.15, 0.2) is 11.5 Å². The molecule has 0 spiro atoms. The van der Waals surface area contributed by atoms with Gasteiger partial charge in [-0.2, -0.15) is 0 Å². The molecule has 0 saturated heterocycles. The molecule has 0 saturated carbocycles. The van der Waals surface area contributed by atoms with E-state index >= 15 is 0 Å². The van der Waals surface area contributed by atoms with Gasteiger partial charge < -0.3 is 20.1 Å². The molecule has 3 rings (SSSR count). The number of carbonyl (C=O) groups is 1. The summed E-state index contributed by atoms with van der Waals surface area (Å²) in [6.45, 7) is 2.82. The van der Waals surface area contributed by atoms with Crippen LogP contribution in [0.1, 0.15) is 21.5 Å². The smallest absolute Gasteiger partial charge is 0.255 e. The second-order valence-corrected chi connectivity index (χ2v) is 6.44. The maximum Gasteiger partial charge on any atom is 0.255 e. The molecule has 0 bridgehead atoms. The SMILES string of the molecule is COc1ccc(C(=O)Nc2ccc(NCc3ccc(C)cc3)cc2)cc1OC. The van der Waals surface area contributed by atoms with E-state index in [-0.39, 0.29) is 5.91 Å². The summed E-state index contributed by atoms with van der Waals surface area (Å²) >= 11 is 0. The number of carbonyl (C=O) groups excluding carboxylic acids is 1. The first-order chi connectivity index (χ1) is 13.6. The van der Waals surface area contributed by atoms with Crippen molar-refractivity contribution in [3.63, 3.8) is 0 Å². The summed E-state index contributed by atoms with van der Waals surface area (Å²) in [6, 6.07) is 21.1. The molecule has 28 heavy (non-hydrogen) atoms. The fraction of sp³-hybridized carbons (Fsp3) is 0.174. The van der Waals surface area contributed by atoms with Crippen molar-refractivity contribution < 1.29 is 14.3 Å². The average molecular weight is 376 g/mol. The maximum absolute atomic E-state index is 12.5. The Bertz CT molecular complexity index is 935. The fourth-order valence-corrected chi connectivity index (χ4v) is 2.76. The average Bonchev–Trinajstić information content (AvgIpc) is 2.73. The molecule has 3 aromatic rings. The molecule has 0 radical (unpaired) electrons. The Morgan fingerprint density at radius 3 is 2.11 bits per heavy atom. The highest BCUT2D eigenvalue weighted by atomic mass is 16.5. The molecule has 144 valence electrons. The minimum absolute atomic E-state index is 0.207. The van der Waals surface area contributed by atoms with Crippen LogP contribution in [0.4, 0.5) is 11.4 Å². The molecule has 0 aromatic heterocycles. The van der Waals surface area contributed by atoms with Gasteiger partial charge in [-0.3, -0.25) is 4.79 Å². The van der Waals surface area contributed by atoms with Gasteiger partial charge >= 0.3 is 0 Å². The lowest BCUT2D eigenvalue weighted by atomic mass is 10.1. The van der Waals surface area contributed by atoms with E-state index in [0.717, 1.165) is 17.9 Å². The van der Waals surface area contributed by atoms with Gasteiger partial charge in [-0.25, -0.2) is 0 Å². The maximum atomic E-state index is 12.5. The topological polar surface area (TPSA) is 59.6 Å². The van der Waals surface area contributed by atoms with Crippen LogP contribution in [-0.4, -0.2) is 20.1 Å². The van der Waals surface area contributed by atoms with Crippen LogP contribution in [0.3, 0.4) is 0 Å². The van der Waals surface area contributed by atoms with Crippen LogP contribution >= 0.6 is 0 Å². The second kappa shape index (κ2) is 8.95. The van der Waals surface area contributed by atoms with Crippen molar-refractivity contribution in [1.29, 1.82) is 0 Å². The lowest BCUT2D eigenvalue weighted by molar-refractivity contribution is 0.102. The zero-order valence-corrected chi connectivity index (χ0v) is 16.3. The van der Waals surface area contributed by atoms with Gasteiger partial charge in [-0.05, 0) is 55.0 Å². The summed E-state index contributed by atoms with van der Waals surface area (Å²) in [6.07, 6.45) is 0. The number of hydrogen-bond acceptors (Lipinski definition) is 4. The van der Waals surface area contributed by atoms with E-state index in [1.807, 2.05) is 24.3 Å². The van der Waals surface area contributed by atoms with Crippen LogP contribution in [0, 0.1) is 6.92 Å². The Labute approximate surface area is 165 Å². The number of aryl methyl sites for hydroxylation is 1. The van der Waals surface area contributed by atoms with Crippen molar-refractivity contribution in [2.45, 2.75) is 13.5 Å². The lowest BCUT2D eigenvalue weighted by Crippen LogP contribution is -2.12. The minimum Gasteiger partial charge on any atom is -0.493 e. The number of methoxy groups -OCH3 is 2. The monoisotopic (exact) mass is 376 g/mol. The van der Waals surface area contributed by atoms with Crippen molar-refractivity contribution in [3.8, 4) is 11.5 Å². The van der Waals surface area contributed by atoms with Crippen molar-refractivity contribution >= 4 is 17.3 Å². The number of ether oxygens (including phenoxy) is 2. The zero-order valence-electron chi connectivity index (χ0n) is 16.3. The Balaban J connectivity index is 1.60. The van der Waals surface area contributed by atoms with Crippen LogP contribution in [0.5, 0.6) is 11.5 Å². The lowest BCUT2D eigenvalue weighted by Gasteiger charge is -2.11. The highest BCUT2D eigenvalue weighted by molar-refractivity contribution is 6.04. The number of rotatable bonds is 7. The summed E-state index contributed by atoms with van der Waals surface area (Å²) in [5.74, 6) is 0.898. The summed E-state index contributed by atoms with van der Waals surface area (Å²) in [4.78, 5) is 12.5. The van der Waals surface area contributed by atoms with Crippen LogP contribution in [0.25, 0.3) is 0 Å². The molecule has 0 aliphatic carbocycles. The van der Waals surface area contributed by atoms with Gasteiger partial charge in [0.2, 0.25) is 0 Å². The largest absolute Gasteiger partial charge is 0.493 e. The molecule has 5 nitrogen and oxygen atoms in total. The van der Waals surface area contributed by atoms with Crippen LogP contribution in [-0.2, 0) is 6.54 Å². The van der Waals surface area contributed by atoms with Crippen LogP contribution in [0.15, 0.2) is 66.7 Å². The number of benzene rings is 3. The fourth-order valence-electron chi connectivity index (χ4n) is 2.76. The Hall–Kier alpha value is -3.47. The molecule has 1 amide bonds. The molecular weight excluding hydrogens is 352 g/mol. The third-order valence-corrected chi connectivity index (χ3v) is 4.41. The Morgan fingerprint density at radius 2 is 1.46 bits per heavy atom. The number of hydrogen-bond donors (Lipinski definition) is 2. The standard InChI is InChI=1S/C23H24N2O3/c1-16-4-6-17(7-5-16)15-24-19-9-11-20(12-10-19)25-23(26)18-8-13-21(27-2)22(14-18)28-3/h4-14,24H,15H2,1-3H3,(H,25,26). The quantitative estimate of drug-likeness (QED) is 0.617. The van der Waals surface area contributed by atoms with Crippen molar-refractivity contribution in [3.05, 3.63) is 83.4 Å². The van der Waals surface area contributed by atoms with Crippen LogP contribution < -0.4 is 20.1 Å². The first-order valence-corrected chi connectivity index (χ1v) is 9.02. The van der Waals surface area contributed by atoms with E-state index < -0.39 is 0 Å². The van der Waals surface area contributed by atoms with Gasteiger partial charge in [-0.15, -0.1) is 0 Å². The predicted molar refractivity (Wildman–Crippen MR) is 112 cm³/mol. The van der Waals surface area contributed by atoms with E-state index in [0.29, 0.717) is 17.1 Å². The Morgan fingerprint density at radius 1 is 0.821 bits per heavy atom. The highest BCUT2D eigenvalue weighted by Crippen LogP contribution is 2.28.